The predicted molar refractivity (Wildman–Crippen MR) is 217 cm³/mol. The number of hydrogen-bond donors (Lipinski definition) is 1. The van der Waals surface area contributed by atoms with Crippen LogP contribution in [0.4, 0.5) is 0 Å². The van der Waals surface area contributed by atoms with Crippen LogP contribution in [0.2, 0.25) is 0 Å². The van der Waals surface area contributed by atoms with Gasteiger partial charge in [-0.3, -0.25) is 0 Å². The van der Waals surface area contributed by atoms with Crippen LogP contribution in [0, 0.1) is 34.5 Å². The van der Waals surface area contributed by atoms with Crippen molar-refractivity contribution in [1.29, 1.82) is 0 Å². The van der Waals surface area contributed by atoms with Crippen LogP contribution in [0.3, 0.4) is 0 Å². The fourth-order valence-electron chi connectivity index (χ4n) is 12.2. The molecular weight excluding hydrogens is 765 g/mol. The Hall–Kier alpha value is -4.84. The molecule has 11 nitrogen and oxygen atoms in total. The molecule has 0 bridgehead atoms. The van der Waals surface area contributed by atoms with Gasteiger partial charge in [0, 0.05) is 11.5 Å². The molecule has 2 aliphatic heterocycles. The smallest absolute Gasteiger partial charge is 0.338 e. The number of ether oxygens (including phenoxy) is 6. The third-order valence-corrected chi connectivity index (χ3v) is 15.4. The molecule has 0 amide bonds. The second kappa shape index (κ2) is 16.2. The molecule has 316 valence electrons. The van der Waals surface area contributed by atoms with Gasteiger partial charge in [0.15, 0.2) is 24.6 Å². The number of benzene rings is 3. The van der Waals surface area contributed by atoms with Crippen LogP contribution in [0.1, 0.15) is 103 Å². The first-order valence-corrected chi connectivity index (χ1v) is 21.6. The maximum absolute atomic E-state index is 13.8. The Labute approximate surface area is 350 Å². The van der Waals surface area contributed by atoms with Gasteiger partial charge in [0.2, 0.25) is 0 Å². The lowest BCUT2D eigenvalue weighted by atomic mass is 9.43. The van der Waals surface area contributed by atoms with E-state index >= 15 is 0 Å². The highest BCUT2D eigenvalue weighted by molar-refractivity contribution is 5.91. The Morgan fingerprint density at radius 2 is 1.28 bits per heavy atom. The van der Waals surface area contributed by atoms with Gasteiger partial charge in [0.05, 0.1) is 35.0 Å². The number of aliphatic hydroxyl groups is 1. The first-order valence-electron chi connectivity index (χ1n) is 21.6. The summed E-state index contributed by atoms with van der Waals surface area (Å²) in [4.78, 5) is 52.9. The van der Waals surface area contributed by atoms with Crippen LogP contribution >= 0.6 is 0 Å². The van der Waals surface area contributed by atoms with Crippen molar-refractivity contribution in [3.05, 3.63) is 119 Å². The Morgan fingerprint density at radius 1 is 0.683 bits per heavy atom. The monoisotopic (exact) mass is 818 g/mol. The van der Waals surface area contributed by atoms with Crippen molar-refractivity contribution < 1.29 is 52.7 Å². The summed E-state index contributed by atoms with van der Waals surface area (Å²) in [6.45, 7) is 4.81. The average Bonchev–Trinajstić information content (AvgIpc) is 3.82. The van der Waals surface area contributed by atoms with Crippen LogP contribution in [0.5, 0.6) is 0 Å². The van der Waals surface area contributed by atoms with E-state index in [9.17, 15) is 24.3 Å². The molecule has 3 unspecified atom stereocenters. The molecule has 60 heavy (non-hydrogen) atoms. The molecule has 11 heteroatoms. The minimum atomic E-state index is -1.28. The molecule has 12 atom stereocenters. The highest BCUT2D eigenvalue weighted by Gasteiger charge is 2.68. The maximum atomic E-state index is 13.8. The minimum absolute atomic E-state index is 0.0132. The van der Waals surface area contributed by atoms with Crippen molar-refractivity contribution >= 4 is 23.9 Å². The zero-order valence-corrected chi connectivity index (χ0v) is 34.2. The van der Waals surface area contributed by atoms with Crippen molar-refractivity contribution in [3.8, 4) is 0 Å². The van der Waals surface area contributed by atoms with E-state index < -0.39 is 48.1 Å². The van der Waals surface area contributed by atoms with Crippen LogP contribution in [-0.2, 0) is 33.2 Å². The van der Waals surface area contributed by atoms with E-state index in [1.807, 2.05) is 0 Å². The van der Waals surface area contributed by atoms with Gasteiger partial charge < -0.3 is 33.5 Å². The molecule has 0 radical (unpaired) electrons. The fraction of sp³-hybridized carbons (Fsp3) is 0.510. The predicted octanol–water partition coefficient (Wildman–Crippen LogP) is 7.66. The van der Waals surface area contributed by atoms with Crippen molar-refractivity contribution in [2.45, 2.75) is 108 Å². The van der Waals surface area contributed by atoms with Crippen LogP contribution < -0.4 is 0 Å². The number of rotatable bonds is 9. The van der Waals surface area contributed by atoms with Crippen LogP contribution in [-0.4, -0.2) is 78.5 Å². The van der Waals surface area contributed by atoms with Crippen molar-refractivity contribution in [2.24, 2.45) is 34.5 Å². The highest BCUT2D eigenvalue weighted by atomic mass is 16.7. The molecular formula is C49H54O11. The minimum Gasteiger partial charge on any atom is -0.458 e. The lowest BCUT2D eigenvalue weighted by Gasteiger charge is -2.64. The number of hydrogen-bond acceptors (Lipinski definition) is 11. The zero-order chi connectivity index (χ0) is 41.6. The molecule has 3 aromatic rings. The SMILES string of the molecule is C[C@]12CC[C@H](O[C@H]3OC[C@H](OC(=O)c4ccccc4)C(OC(=O)c4ccccc4)[C@@H]3OC(=O)c3ccccc3)C[C@H]1CCC1C2CC[C@]2(C)[C@@H](C3=CC(=O)OC3)CC[C@]12O. The van der Waals surface area contributed by atoms with Gasteiger partial charge in [-0.2, -0.15) is 0 Å². The Bertz CT molecular complexity index is 2110. The number of carbonyl (C=O) groups is 4. The largest absolute Gasteiger partial charge is 0.458 e. The number of carbonyl (C=O) groups excluding carboxylic acids is 4. The summed E-state index contributed by atoms with van der Waals surface area (Å²) in [6, 6.07) is 25.5. The fourth-order valence-corrected chi connectivity index (χ4v) is 12.2. The molecule has 3 aromatic carbocycles. The summed E-state index contributed by atoms with van der Waals surface area (Å²) in [7, 11) is 0. The molecule has 0 aromatic heterocycles. The Balaban J connectivity index is 0.952. The van der Waals surface area contributed by atoms with Crippen LogP contribution in [0.25, 0.3) is 0 Å². The van der Waals surface area contributed by atoms with Gasteiger partial charge >= 0.3 is 23.9 Å². The molecule has 4 saturated carbocycles. The first-order chi connectivity index (χ1) is 29.0. The Morgan fingerprint density at radius 3 is 1.88 bits per heavy atom. The lowest BCUT2D eigenvalue weighted by molar-refractivity contribution is -0.289. The summed E-state index contributed by atoms with van der Waals surface area (Å²) in [5, 5.41) is 12.7. The summed E-state index contributed by atoms with van der Waals surface area (Å²) in [6.07, 6.45) is 4.32. The third-order valence-electron chi connectivity index (χ3n) is 15.4. The number of fused-ring (bicyclic) bond motifs is 5. The summed E-state index contributed by atoms with van der Waals surface area (Å²) in [5.74, 6) is -1.28. The Kier molecular flexibility index (Phi) is 11.0. The quantitative estimate of drug-likeness (QED) is 0.129. The molecule has 0 spiro atoms. The van der Waals surface area contributed by atoms with Crippen LogP contribution in [0.15, 0.2) is 103 Å². The van der Waals surface area contributed by atoms with E-state index in [0.29, 0.717) is 29.6 Å². The summed E-state index contributed by atoms with van der Waals surface area (Å²) in [5.41, 5.74) is 0.777. The second-order valence-electron chi connectivity index (χ2n) is 18.3. The molecule has 9 rings (SSSR count). The van der Waals surface area contributed by atoms with Gasteiger partial charge in [0.1, 0.15) is 6.61 Å². The van der Waals surface area contributed by atoms with E-state index in [2.05, 4.69) is 13.8 Å². The van der Waals surface area contributed by atoms with E-state index in [1.165, 1.54) is 0 Å². The summed E-state index contributed by atoms with van der Waals surface area (Å²) < 4.78 is 36.8. The van der Waals surface area contributed by atoms with Gasteiger partial charge in [-0.1, -0.05) is 68.4 Å². The average molecular weight is 819 g/mol. The topological polar surface area (TPSA) is 144 Å². The molecule has 5 fully saturated rings. The van der Waals surface area contributed by atoms with Gasteiger partial charge in [-0.05, 0) is 129 Å². The molecule has 1 N–H and O–H groups in total. The zero-order valence-electron chi connectivity index (χ0n) is 34.2. The lowest BCUT2D eigenvalue weighted by Crippen LogP contribution is -2.62. The van der Waals surface area contributed by atoms with Crippen molar-refractivity contribution in [1.82, 2.24) is 0 Å². The summed E-state index contributed by atoms with van der Waals surface area (Å²) >= 11 is 0. The van der Waals surface area contributed by atoms with Gasteiger partial charge in [-0.15, -0.1) is 0 Å². The first kappa shape index (κ1) is 40.6. The standard InChI is InChI=1S/C49H54O11/c1-47-23-20-35(27-34(47)18-19-38-37(47)21-24-48(2)36(22-25-49(38,48)54)33-26-40(50)55-28-33)57-46-42(60-45(53)32-16-10-5-11-17-32)41(59-44(52)31-14-8-4-9-15-31)39(29-56-46)58-43(51)30-12-6-3-7-13-30/h3-17,26,34-39,41-42,46,54H,18-25,27-29H2,1-2H3/t34-,35+,36-,37?,38?,39+,41?,42+,46-,47+,48-,49+/m1/s1. The van der Waals surface area contributed by atoms with Gasteiger partial charge in [0.25, 0.3) is 0 Å². The molecule has 2 heterocycles. The molecule has 4 aliphatic carbocycles. The highest BCUT2D eigenvalue weighted by Crippen LogP contribution is 2.70. The van der Waals surface area contributed by atoms with E-state index in [0.717, 1.165) is 63.4 Å². The number of cyclic esters (lactones) is 1. The molecule has 6 aliphatic rings. The van der Waals surface area contributed by atoms with E-state index in [1.54, 1.807) is 97.1 Å². The third kappa shape index (κ3) is 7.26. The van der Waals surface area contributed by atoms with Crippen molar-refractivity contribution in [2.75, 3.05) is 13.2 Å². The molecule has 1 saturated heterocycles. The second-order valence-corrected chi connectivity index (χ2v) is 18.3. The van der Waals surface area contributed by atoms with E-state index in [-0.39, 0.29) is 46.9 Å². The van der Waals surface area contributed by atoms with Crippen molar-refractivity contribution in [3.63, 3.8) is 0 Å². The van der Waals surface area contributed by atoms with E-state index in [4.69, 9.17) is 28.4 Å². The van der Waals surface area contributed by atoms with Gasteiger partial charge in [-0.25, -0.2) is 19.2 Å². The maximum Gasteiger partial charge on any atom is 0.338 e. The normalized spacial score (nSPS) is 37.0. The number of esters is 4.